The van der Waals surface area contributed by atoms with Crippen LogP contribution in [0.25, 0.3) is 78.9 Å². The number of hydrogen-bond donors (Lipinski definition) is 0. The predicted octanol–water partition coefficient (Wildman–Crippen LogP) is 12.3. The van der Waals surface area contributed by atoms with Gasteiger partial charge in [0.15, 0.2) is 11.6 Å². The molecule has 0 amide bonds. The maximum Gasteiger partial charge on any atom is 0.160 e. The summed E-state index contributed by atoms with van der Waals surface area (Å²) in [6.07, 6.45) is 2.83. The Hall–Kier alpha value is -6.52. The molecule has 2 heterocycles. The van der Waals surface area contributed by atoms with Crippen LogP contribution in [0.15, 0.2) is 176 Å². The van der Waals surface area contributed by atoms with Gasteiger partial charge in [-0.15, -0.1) is 0 Å². The monoisotopic (exact) mass is 706 g/mol. The molecule has 262 valence electrons. The van der Waals surface area contributed by atoms with E-state index in [1.165, 1.54) is 29.5 Å². The predicted molar refractivity (Wildman–Crippen MR) is 222 cm³/mol. The molecule has 0 saturated heterocycles. The van der Waals surface area contributed by atoms with Gasteiger partial charge in [-0.25, -0.2) is 19.9 Å². The normalized spacial score (nSPS) is 20.4. The molecule has 3 saturated carbocycles. The highest BCUT2D eigenvalue weighted by Crippen LogP contribution is 2.75. The lowest BCUT2D eigenvalue weighted by molar-refractivity contribution is -0.214. The molecule has 2 atom stereocenters. The Morgan fingerprint density at radius 3 is 1.31 bits per heavy atom. The SMILES string of the molecule is c1ccc(-c2ccc(-c3cc(-c4cccc(-c5cc(-c6ccccc6)nc(-c6cccc(C7C8CC9CC7C98)c6)n5)c4)nc(-c4ccccc4)n3)cc2)cc1. The van der Waals surface area contributed by atoms with E-state index >= 15 is 0 Å². The minimum atomic E-state index is 0.693. The second-order valence-corrected chi connectivity index (χ2v) is 15.5. The molecule has 55 heavy (non-hydrogen) atoms. The largest absolute Gasteiger partial charge is 0.228 e. The van der Waals surface area contributed by atoms with E-state index in [1.54, 1.807) is 0 Å². The van der Waals surface area contributed by atoms with E-state index in [0.29, 0.717) is 11.7 Å². The van der Waals surface area contributed by atoms with Crippen molar-refractivity contribution in [3.8, 4) is 78.9 Å². The third kappa shape index (κ3) is 5.68. The van der Waals surface area contributed by atoms with Gasteiger partial charge in [0, 0.05) is 33.4 Å². The maximum absolute atomic E-state index is 5.27. The van der Waals surface area contributed by atoms with E-state index < -0.39 is 0 Å². The first kappa shape index (κ1) is 32.0. The van der Waals surface area contributed by atoms with Crippen LogP contribution in [-0.2, 0) is 0 Å². The summed E-state index contributed by atoms with van der Waals surface area (Å²) in [5, 5.41) is 0. The molecule has 0 N–H and O–H groups in total. The number of aromatic nitrogens is 4. The Kier molecular flexibility index (Phi) is 7.61. The van der Waals surface area contributed by atoms with Crippen molar-refractivity contribution in [3.05, 3.63) is 181 Å². The second kappa shape index (κ2) is 13.1. The Balaban J connectivity index is 0.994. The summed E-state index contributed by atoms with van der Waals surface area (Å²) >= 11 is 0. The lowest BCUT2D eigenvalue weighted by Gasteiger charge is -2.73. The van der Waals surface area contributed by atoms with Crippen molar-refractivity contribution in [1.29, 1.82) is 0 Å². The third-order valence-corrected chi connectivity index (χ3v) is 12.4. The molecule has 3 aliphatic rings. The third-order valence-electron chi connectivity index (χ3n) is 12.4. The van der Waals surface area contributed by atoms with Crippen molar-refractivity contribution in [2.75, 3.05) is 0 Å². The fraction of sp³-hybridized carbons (Fsp3) is 0.137. The van der Waals surface area contributed by atoms with E-state index in [1.807, 2.05) is 30.3 Å². The van der Waals surface area contributed by atoms with Crippen LogP contribution in [-0.4, -0.2) is 19.9 Å². The van der Waals surface area contributed by atoms with E-state index in [9.17, 15) is 0 Å². The first-order valence-corrected chi connectivity index (χ1v) is 19.5. The molecule has 0 radical (unpaired) electrons. The van der Waals surface area contributed by atoms with Crippen LogP contribution in [0.3, 0.4) is 0 Å². The molecule has 2 unspecified atom stereocenters. The lowest BCUT2D eigenvalue weighted by atomic mass is 9.31. The fourth-order valence-electron chi connectivity index (χ4n) is 9.61. The van der Waals surface area contributed by atoms with Crippen LogP contribution >= 0.6 is 0 Å². The van der Waals surface area contributed by atoms with Gasteiger partial charge in [0.1, 0.15) is 0 Å². The van der Waals surface area contributed by atoms with Gasteiger partial charge in [-0.05, 0) is 83.4 Å². The van der Waals surface area contributed by atoms with Crippen LogP contribution in [0.5, 0.6) is 0 Å². The minimum absolute atomic E-state index is 0.693. The maximum atomic E-state index is 5.27. The van der Waals surface area contributed by atoms with E-state index in [4.69, 9.17) is 19.9 Å². The van der Waals surface area contributed by atoms with Gasteiger partial charge < -0.3 is 0 Å². The summed E-state index contributed by atoms with van der Waals surface area (Å²) < 4.78 is 0. The first-order valence-electron chi connectivity index (χ1n) is 19.5. The molecule has 6 aromatic carbocycles. The second-order valence-electron chi connectivity index (χ2n) is 15.5. The lowest BCUT2D eigenvalue weighted by Crippen LogP contribution is -2.65. The zero-order chi connectivity index (χ0) is 36.3. The minimum Gasteiger partial charge on any atom is -0.228 e. The topological polar surface area (TPSA) is 51.6 Å². The molecule has 0 spiro atoms. The van der Waals surface area contributed by atoms with Crippen molar-refractivity contribution in [2.45, 2.75) is 18.8 Å². The van der Waals surface area contributed by atoms with Crippen molar-refractivity contribution in [2.24, 2.45) is 23.7 Å². The zero-order valence-electron chi connectivity index (χ0n) is 30.3. The first-order chi connectivity index (χ1) is 27.2. The summed E-state index contributed by atoms with van der Waals surface area (Å²) in [7, 11) is 0. The quantitative estimate of drug-likeness (QED) is 0.158. The summed E-state index contributed by atoms with van der Waals surface area (Å²) in [4.78, 5) is 20.7. The molecule has 11 rings (SSSR count). The van der Waals surface area contributed by atoms with Gasteiger partial charge in [-0.2, -0.15) is 0 Å². The number of benzene rings is 6. The molecule has 0 bridgehead atoms. The van der Waals surface area contributed by atoms with Gasteiger partial charge in [0.25, 0.3) is 0 Å². The molecule has 8 aromatic rings. The highest BCUT2D eigenvalue weighted by Gasteiger charge is 2.67. The number of nitrogens with zero attached hydrogens (tertiary/aromatic N) is 4. The van der Waals surface area contributed by atoms with Gasteiger partial charge >= 0.3 is 0 Å². The summed E-state index contributed by atoms with van der Waals surface area (Å²) in [6.45, 7) is 0. The van der Waals surface area contributed by atoms with Gasteiger partial charge in [0.05, 0.1) is 22.8 Å². The van der Waals surface area contributed by atoms with Crippen molar-refractivity contribution in [1.82, 2.24) is 19.9 Å². The molecule has 3 aliphatic carbocycles. The van der Waals surface area contributed by atoms with Gasteiger partial charge in [-0.1, -0.05) is 152 Å². The van der Waals surface area contributed by atoms with Crippen molar-refractivity contribution < 1.29 is 0 Å². The Labute approximate surface area is 321 Å². The average molecular weight is 707 g/mol. The highest BCUT2D eigenvalue weighted by molar-refractivity contribution is 5.78. The molecule has 2 aromatic heterocycles. The van der Waals surface area contributed by atoms with Crippen LogP contribution in [0.4, 0.5) is 0 Å². The van der Waals surface area contributed by atoms with Crippen molar-refractivity contribution >= 4 is 0 Å². The van der Waals surface area contributed by atoms with Crippen LogP contribution in [0, 0.1) is 23.7 Å². The Bertz CT molecular complexity index is 2660. The molecule has 4 heteroatoms. The van der Waals surface area contributed by atoms with E-state index in [-0.39, 0.29) is 0 Å². The van der Waals surface area contributed by atoms with Gasteiger partial charge in [-0.3, -0.25) is 0 Å². The molecule has 4 nitrogen and oxygen atoms in total. The molecular formula is C51H38N4. The molecule has 0 aliphatic heterocycles. The number of hydrogen-bond acceptors (Lipinski definition) is 4. The summed E-state index contributed by atoms with van der Waals surface area (Å²) in [6, 6.07) is 61.7. The van der Waals surface area contributed by atoms with Gasteiger partial charge in [0.2, 0.25) is 0 Å². The van der Waals surface area contributed by atoms with E-state index in [0.717, 1.165) is 85.7 Å². The molecule has 3 fully saturated rings. The fourth-order valence-corrected chi connectivity index (χ4v) is 9.61. The van der Waals surface area contributed by atoms with Crippen LogP contribution in [0.1, 0.15) is 24.3 Å². The summed E-state index contributed by atoms with van der Waals surface area (Å²) in [5.41, 5.74) is 13.5. The average Bonchev–Trinajstić information content (AvgIpc) is 3.27. The van der Waals surface area contributed by atoms with Crippen LogP contribution < -0.4 is 0 Å². The van der Waals surface area contributed by atoms with E-state index in [2.05, 4.69) is 146 Å². The Morgan fingerprint density at radius 1 is 0.327 bits per heavy atom. The van der Waals surface area contributed by atoms with Crippen molar-refractivity contribution in [3.63, 3.8) is 0 Å². The molecular weight excluding hydrogens is 669 g/mol. The Morgan fingerprint density at radius 2 is 0.745 bits per heavy atom. The standard InChI is InChI=1S/C51H38N4/c1-4-12-32(13-5-1)33-22-24-35(25-23-33)45-31-46(54-50(52-45)36-16-8-3-9-17-36)37-18-10-19-38(26-37)47-30-44(34-14-6-2-7-15-34)53-51(55-47)40-21-11-20-39(27-40)48-42-28-41-29-43(48)49(41)42/h1-27,30-31,41-43,48-49H,28-29H2. The van der Waals surface area contributed by atoms with Crippen LogP contribution in [0.2, 0.25) is 0 Å². The zero-order valence-corrected chi connectivity index (χ0v) is 30.3. The summed E-state index contributed by atoms with van der Waals surface area (Å²) in [5.74, 6) is 5.93. The highest BCUT2D eigenvalue weighted by atomic mass is 14.9. The number of rotatable bonds is 8. The smallest absolute Gasteiger partial charge is 0.160 e.